The molecular formula is C10H11NO2. The summed E-state index contributed by atoms with van der Waals surface area (Å²) in [6.45, 7) is 2.43. The molecule has 13 heavy (non-hydrogen) atoms. The molecular weight excluding hydrogens is 166 g/mol. The summed E-state index contributed by atoms with van der Waals surface area (Å²) in [7, 11) is 0. The molecule has 3 heteroatoms. The van der Waals surface area contributed by atoms with Crippen LogP contribution in [-0.2, 0) is 4.79 Å². The monoisotopic (exact) mass is 177 g/mol. The van der Waals surface area contributed by atoms with Crippen LogP contribution in [0.2, 0.25) is 0 Å². The van der Waals surface area contributed by atoms with E-state index in [1.807, 2.05) is 6.92 Å². The highest BCUT2D eigenvalue weighted by Crippen LogP contribution is 2.25. The number of nitrogen functional groups attached to an aromatic ring is 1. The maximum absolute atomic E-state index is 10.1. The molecule has 0 saturated carbocycles. The Kier molecular flexibility index (Phi) is 3.12. The number of ether oxygens (including phenoxy) is 1. The van der Waals surface area contributed by atoms with Crippen LogP contribution in [0, 0.1) is 0 Å². The van der Waals surface area contributed by atoms with E-state index in [1.165, 1.54) is 6.08 Å². The van der Waals surface area contributed by atoms with Crippen molar-refractivity contribution < 1.29 is 9.53 Å². The molecule has 2 N–H and O–H groups in total. The standard InChI is InChI=1S/C10H11NO2/c1-2-13-9-5-3-4-8(6-7-12)10(9)11/h3-6H,2,11H2,1H3. The maximum Gasteiger partial charge on any atom is 0.142 e. The Bertz CT molecular complexity index is 341. The Morgan fingerprint density at radius 3 is 3.00 bits per heavy atom. The van der Waals surface area contributed by atoms with Gasteiger partial charge in [0.25, 0.3) is 0 Å². The highest BCUT2D eigenvalue weighted by molar-refractivity contribution is 5.82. The predicted octanol–water partition coefficient (Wildman–Crippen LogP) is 1.51. The Balaban J connectivity index is 3.10. The minimum Gasteiger partial charge on any atom is -0.492 e. The van der Waals surface area contributed by atoms with E-state index in [0.717, 1.165) is 0 Å². The van der Waals surface area contributed by atoms with Gasteiger partial charge in [-0.3, -0.25) is 0 Å². The molecule has 68 valence electrons. The number of benzene rings is 1. The van der Waals surface area contributed by atoms with Crippen LogP contribution in [0.3, 0.4) is 0 Å². The fraction of sp³-hybridized carbons (Fsp3) is 0.200. The SMILES string of the molecule is CCOc1cccc(C=C=O)c1N. The third-order valence-electron chi connectivity index (χ3n) is 1.61. The molecule has 0 amide bonds. The van der Waals surface area contributed by atoms with Crippen LogP contribution in [0.15, 0.2) is 18.2 Å². The lowest BCUT2D eigenvalue weighted by atomic mass is 10.1. The lowest BCUT2D eigenvalue weighted by Gasteiger charge is -2.07. The van der Waals surface area contributed by atoms with Crippen LogP contribution >= 0.6 is 0 Å². The maximum atomic E-state index is 10.1. The van der Waals surface area contributed by atoms with E-state index in [2.05, 4.69) is 0 Å². The van der Waals surface area contributed by atoms with Crippen molar-refractivity contribution in [3.05, 3.63) is 23.8 Å². The van der Waals surface area contributed by atoms with Gasteiger partial charge in [-0.1, -0.05) is 12.1 Å². The third kappa shape index (κ3) is 2.10. The van der Waals surface area contributed by atoms with E-state index in [0.29, 0.717) is 23.6 Å². The molecule has 0 aliphatic rings. The molecule has 0 aliphatic heterocycles. The van der Waals surface area contributed by atoms with Gasteiger partial charge in [0.05, 0.1) is 12.3 Å². The molecule has 1 aromatic carbocycles. The molecule has 0 heterocycles. The van der Waals surface area contributed by atoms with Crippen molar-refractivity contribution in [3.8, 4) is 5.75 Å². The summed E-state index contributed by atoms with van der Waals surface area (Å²) in [6, 6.07) is 5.29. The number of rotatable bonds is 3. The normalized spacial score (nSPS) is 9.00. The average molecular weight is 177 g/mol. The van der Waals surface area contributed by atoms with Crippen LogP contribution in [0.25, 0.3) is 6.08 Å². The minimum absolute atomic E-state index is 0.479. The molecule has 3 nitrogen and oxygen atoms in total. The van der Waals surface area contributed by atoms with Crippen molar-refractivity contribution in [1.29, 1.82) is 0 Å². The molecule has 0 saturated heterocycles. The number of para-hydroxylation sites is 1. The van der Waals surface area contributed by atoms with Gasteiger partial charge in [0.1, 0.15) is 11.7 Å². The van der Waals surface area contributed by atoms with Gasteiger partial charge in [0.2, 0.25) is 0 Å². The average Bonchev–Trinajstić information content (AvgIpc) is 2.13. The van der Waals surface area contributed by atoms with Crippen molar-refractivity contribution in [2.45, 2.75) is 6.92 Å². The summed E-state index contributed by atoms with van der Waals surface area (Å²) >= 11 is 0. The van der Waals surface area contributed by atoms with Crippen LogP contribution in [-0.4, -0.2) is 12.5 Å². The van der Waals surface area contributed by atoms with Crippen molar-refractivity contribution in [3.63, 3.8) is 0 Å². The zero-order valence-electron chi connectivity index (χ0n) is 7.41. The van der Waals surface area contributed by atoms with E-state index in [4.69, 9.17) is 10.5 Å². The molecule has 0 atom stereocenters. The zero-order valence-corrected chi connectivity index (χ0v) is 7.41. The topological polar surface area (TPSA) is 52.3 Å². The number of nitrogens with two attached hydrogens (primary N) is 1. The first-order chi connectivity index (χ1) is 6.29. The van der Waals surface area contributed by atoms with E-state index < -0.39 is 0 Å². The summed E-state index contributed by atoms with van der Waals surface area (Å²) in [5, 5.41) is 0. The van der Waals surface area contributed by atoms with Gasteiger partial charge in [-0.2, -0.15) is 0 Å². The van der Waals surface area contributed by atoms with Gasteiger partial charge in [0, 0.05) is 11.6 Å². The Labute approximate surface area is 76.8 Å². The van der Waals surface area contributed by atoms with Gasteiger partial charge in [-0.15, -0.1) is 0 Å². The van der Waals surface area contributed by atoms with E-state index in [9.17, 15) is 4.79 Å². The van der Waals surface area contributed by atoms with Gasteiger partial charge in [-0.05, 0) is 13.0 Å². The summed E-state index contributed by atoms with van der Waals surface area (Å²) in [4.78, 5) is 10.1. The molecule has 0 unspecified atom stereocenters. The molecule has 1 aromatic rings. The molecule has 0 aliphatic carbocycles. The summed E-state index contributed by atoms with van der Waals surface area (Å²) in [5.74, 6) is 2.29. The van der Waals surface area contributed by atoms with Crippen LogP contribution in [0.1, 0.15) is 12.5 Å². The summed E-state index contributed by atoms with van der Waals surface area (Å²) in [6.07, 6.45) is 1.29. The minimum atomic E-state index is 0.479. The molecule has 0 radical (unpaired) electrons. The highest BCUT2D eigenvalue weighted by atomic mass is 16.5. The second kappa shape index (κ2) is 4.33. The Morgan fingerprint density at radius 1 is 1.62 bits per heavy atom. The van der Waals surface area contributed by atoms with E-state index >= 15 is 0 Å². The largest absolute Gasteiger partial charge is 0.492 e. The fourth-order valence-electron chi connectivity index (χ4n) is 1.03. The molecule has 1 rings (SSSR count). The Hall–Kier alpha value is -1.73. The first-order valence-electron chi connectivity index (χ1n) is 4.01. The van der Waals surface area contributed by atoms with Crippen LogP contribution in [0.5, 0.6) is 5.75 Å². The summed E-state index contributed by atoms with van der Waals surface area (Å²) < 4.78 is 5.25. The predicted molar refractivity (Wildman–Crippen MR) is 52.2 cm³/mol. The van der Waals surface area contributed by atoms with Gasteiger partial charge >= 0.3 is 0 Å². The quantitative estimate of drug-likeness (QED) is 0.562. The second-order valence-electron chi connectivity index (χ2n) is 2.45. The van der Waals surface area contributed by atoms with Crippen molar-refractivity contribution in [2.75, 3.05) is 12.3 Å². The van der Waals surface area contributed by atoms with Crippen molar-refractivity contribution in [2.24, 2.45) is 0 Å². The number of anilines is 1. The molecule has 0 aromatic heterocycles. The number of carbonyl (C=O) groups excluding carboxylic acids is 1. The first kappa shape index (κ1) is 9.36. The van der Waals surface area contributed by atoms with Gasteiger partial charge in [0.15, 0.2) is 0 Å². The molecule has 0 spiro atoms. The van der Waals surface area contributed by atoms with Crippen molar-refractivity contribution in [1.82, 2.24) is 0 Å². The Morgan fingerprint density at radius 2 is 2.38 bits per heavy atom. The fourth-order valence-corrected chi connectivity index (χ4v) is 1.03. The lowest BCUT2D eigenvalue weighted by Crippen LogP contribution is -1.98. The van der Waals surface area contributed by atoms with Crippen molar-refractivity contribution >= 4 is 17.7 Å². The van der Waals surface area contributed by atoms with Gasteiger partial charge < -0.3 is 10.5 Å². The van der Waals surface area contributed by atoms with E-state index in [1.54, 1.807) is 24.1 Å². The lowest BCUT2D eigenvalue weighted by molar-refractivity contribution is 0.342. The second-order valence-corrected chi connectivity index (χ2v) is 2.45. The van der Waals surface area contributed by atoms with Crippen LogP contribution < -0.4 is 10.5 Å². The molecule has 0 fully saturated rings. The number of hydrogen-bond acceptors (Lipinski definition) is 3. The highest BCUT2D eigenvalue weighted by Gasteiger charge is 2.02. The van der Waals surface area contributed by atoms with Gasteiger partial charge in [-0.25, -0.2) is 4.79 Å². The van der Waals surface area contributed by atoms with E-state index in [-0.39, 0.29) is 0 Å². The first-order valence-corrected chi connectivity index (χ1v) is 4.01. The zero-order chi connectivity index (χ0) is 9.68. The summed E-state index contributed by atoms with van der Waals surface area (Å²) in [5.41, 5.74) is 6.84. The number of hydrogen-bond donors (Lipinski definition) is 1. The van der Waals surface area contributed by atoms with Crippen LogP contribution in [0.4, 0.5) is 5.69 Å². The third-order valence-corrected chi connectivity index (χ3v) is 1.61. The molecule has 0 bridgehead atoms. The smallest absolute Gasteiger partial charge is 0.142 e.